The van der Waals surface area contributed by atoms with Crippen LogP contribution in [0.3, 0.4) is 0 Å². The smallest absolute Gasteiger partial charge is 0.244 e. The number of hydrogen-bond acceptors (Lipinski definition) is 3. The van der Waals surface area contributed by atoms with Crippen molar-refractivity contribution < 1.29 is 9.53 Å². The number of amides is 1. The summed E-state index contributed by atoms with van der Waals surface area (Å²) in [5, 5.41) is 11.3. The van der Waals surface area contributed by atoms with Gasteiger partial charge in [0.15, 0.2) is 6.61 Å². The van der Waals surface area contributed by atoms with Crippen LogP contribution < -0.4 is 10.1 Å². The van der Waals surface area contributed by atoms with Crippen molar-refractivity contribution in [2.45, 2.75) is 32.7 Å². The molecule has 0 aromatic heterocycles. The summed E-state index contributed by atoms with van der Waals surface area (Å²) in [6, 6.07) is 9.12. The van der Waals surface area contributed by atoms with E-state index in [1.54, 1.807) is 18.2 Å². The molecule has 0 aliphatic carbocycles. The molecule has 1 rings (SSSR count). The zero-order chi connectivity index (χ0) is 15.0. The van der Waals surface area contributed by atoms with Gasteiger partial charge in [0, 0.05) is 11.6 Å². The van der Waals surface area contributed by atoms with E-state index in [4.69, 9.17) is 10.00 Å². The van der Waals surface area contributed by atoms with Crippen LogP contribution in [0.5, 0.6) is 5.75 Å². The standard InChI is InChI=1S/C16H20N2O2/c1-4-16(2,3)18-15(19)10-7-13-5-8-14(9-6-13)20-12-11-17/h5-10H,4,12H2,1-3H3,(H,18,19)/b10-7+. The molecule has 0 spiro atoms. The van der Waals surface area contributed by atoms with Crippen LogP contribution in [-0.2, 0) is 4.79 Å². The second-order valence-corrected chi connectivity index (χ2v) is 5.08. The average Bonchev–Trinajstić information content (AvgIpc) is 2.43. The van der Waals surface area contributed by atoms with E-state index in [2.05, 4.69) is 5.32 Å². The number of ether oxygens (including phenoxy) is 1. The summed E-state index contributed by atoms with van der Waals surface area (Å²) in [7, 11) is 0. The number of nitriles is 1. The zero-order valence-corrected chi connectivity index (χ0v) is 12.1. The Hall–Kier alpha value is -2.28. The molecule has 0 unspecified atom stereocenters. The Morgan fingerprint density at radius 2 is 2.05 bits per heavy atom. The van der Waals surface area contributed by atoms with E-state index in [0.29, 0.717) is 5.75 Å². The molecule has 4 nitrogen and oxygen atoms in total. The molecular formula is C16H20N2O2. The molecule has 0 saturated heterocycles. The minimum atomic E-state index is -0.198. The summed E-state index contributed by atoms with van der Waals surface area (Å²) in [6.45, 7) is 6.04. The second kappa shape index (κ2) is 7.34. The van der Waals surface area contributed by atoms with E-state index in [1.165, 1.54) is 6.08 Å². The van der Waals surface area contributed by atoms with Crippen molar-refractivity contribution in [2.75, 3.05) is 6.61 Å². The molecule has 0 heterocycles. The Bertz CT molecular complexity index is 510. The normalized spacial score (nSPS) is 11.1. The number of carbonyl (C=O) groups excluding carboxylic acids is 1. The van der Waals surface area contributed by atoms with Crippen LogP contribution >= 0.6 is 0 Å². The topological polar surface area (TPSA) is 62.1 Å². The van der Waals surface area contributed by atoms with Crippen LogP contribution in [0.15, 0.2) is 30.3 Å². The Morgan fingerprint density at radius 3 is 2.60 bits per heavy atom. The summed E-state index contributed by atoms with van der Waals surface area (Å²) in [5.74, 6) is 0.530. The van der Waals surface area contributed by atoms with E-state index in [-0.39, 0.29) is 18.1 Å². The maximum absolute atomic E-state index is 11.7. The predicted octanol–water partition coefficient (Wildman–Crippen LogP) is 2.91. The molecule has 1 aromatic rings. The molecule has 4 heteroatoms. The molecule has 0 saturated carbocycles. The van der Waals surface area contributed by atoms with Gasteiger partial charge in [-0.3, -0.25) is 4.79 Å². The number of nitrogens with one attached hydrogen (secondary N) is 1. The van der Waals surface area contributed by atoms with Crippen molar-refractivity contribution in [3.8, 4) is 11.8 Å². The van der Waals surface area contributed by atoms with Gasteiger partial charge in [0.25, 0.3) is 0 Å². The van der Waals surface area contributed by atoms with Crippen LogP contribution in [0.2, 0.25) is 0 Å². The van der Waals surface area contributed by atoms with Crippen LogP contribution in [-0.4, -0.2) is 18.1 Å². The van der Waals surface area contributed by atoms with Gasteiger partial charge in [0.2, 0.25) is 5.91 Å². The van der Waals surface area contributed by atoms with E-state index < -0.39 is 0 Å². The van der Waals surface area contributed by atoms with Crippen molar-refractivity contribution in [1.82, 2.24) is 5.32 Å². The molecule has 1 aromatic carbocycles. The van der Waals surface area contributed by atoms with Crippen molar-refractivity contribution in [3.63, 3.8) is 0 Å². The van der Waals surface area contributed by atoms with Gasteiger partial charge in [-0.25, -0.2) is 0 Å². The lowest BCUT2D eigenvalue weighted by atomic mass is 10.0. The first-order valence-corrected chi connectivity index (χ1v) is 6.57. The fraction of sp³-hybridized carbons (Fsp3) is 0.375. The molecule has 1 N–H and O–H groups in total. The lowest BCUT2D eigenvalue weighted by Gasteiger charge is -2.23. The number of hydrogen-bond donors (Lipinski definition) is 1. The second-order valence-electron chi connectivity index (χ2n) is 5.08. The lowest BCUT2D eigenvalue weighted by molar-refractivity contribution is -0.117. The summed E-state index contributed by atoms with van der Waals surface area (Å²) in [4.78, 5) is 11.7. The zero-order valence-electron chi connectivity index (χ0n) is 12.1. The Kier molecular flexibility index (Phi) is 5.79. The summed E-state index contributed by atoms with van der Waals surface area (Å²) < 4.78 is 5.15. The van der Waals surface area contributed by atoms with Crippen LogP contribution in [0.25, 0.3) is 6.08 Å². The van der Waals surface area contributed by atoms with Crippen LogP contribution in [0, 0.1) is 11.3 Å². The van der Waals surface area contributed by atoms with Gasteiger partial charge in [0.05, 0.1) is 0 Å². The van der Waals surface area contributed by atoms with E-state index in [0.717, 1.165) is 12.0 Å². The van der Waals surface area contributed by atoms with Crippen LogP contribution in [0.4, 0.5) is 0 Å². The Labute approximate surface area is 120 Å². The largest absolute Gasteiger partial charge is 0.479 e. The molecule has 1 amide bonds. The molecule has 0 aliphatic rings. The molecule has 0 bridgehead atoms. The molecule has 106 valence electrons. The third kappa shape index (κ3) is 5.57. The van der Waals surface area contributed by atoms with Gasteiger partial charge < -0.3 is 10.1 Å². The number of nitrogens with zero attached hydrogens (tertiary/aromatic N) is 1. The number of benzene rings is 1. The number of carbonyl (C=O) groups is 1. The highest BCUT2D eigenvalue weighted by Crippen LogP contribution is 2.13. The van der Waals surface area contributed by atoms with E-state index in [9.17, 15) is 4.79 Å². The minimum Gasteiger partial charge on any atom is -0.479 e. The summed E-state index contributed by atoms with van der Waals surface area (Å²) >= 11 is 0. The Morgan fingerprint density at radius 1 is 1.40 bits per heavy atom. The highest BCUT2D eigenvalue weighted by Gasteiger charge is 2.15. The highest BCUT2D eigenvalue weighted by molar-refractivity contribution is 5.92. The number of rotatable bonds is 6. The lowest BCUT2D eigenvalue weighted by Crippen LogP contribution is -2.41. The van der Waals surface area contributed by atoms with Gasteiger partial charge in [0.1, 0.15) is 11.8 Å². The molecule has 0 fully saturated rings. The quantitative estimate of drug-likeness (QED) is 0.810. The van der Waals surface area contributed by atoms with Gasteiger partial charge in [-0.2, -0.15) is 5.26 Å². The fourth-order valence-electron chi connectivity index (χ4n) is 1.43. The van der Waals surface area contributed by atoms with E-state index >= 15 is 0 Å². The molecule has 0 radical (unpaired) electrons. The first-order valence-electron chi connectivity index (χ1n) is 6.57. The minimum absolute atomic E-state index is 0.0314. The predicted molar refractivity (Wildman–Crippen MR) is 79.1 cm³/mol. The summed E-state index contributed by atoms with van der Waals surface area (Å²) in [6.07, 6.45) is 4.13. The SMILES string of the molecule is CCC(C)(C)NC(=O)/C=C/c1ccc(OCC#N)cc1. The molecule has 0 aliphatic heterocycles. The van der Waals surface area contributed by atoms with Gasteiger partial charge in [-0.05, 0) is 44.0 Å². The van der Waals surface area contributed by atoms with Crippen molar-refractivity contribution in [3.05, 3.63) is 35.9 Å². The molecule has 20 heavy (non-hydrogen) atoms. The van der Waals surface area contributed by atoms with Crippen molar-refractivity contribution in [1.29, 1.82) is 5.26 Å². The van der Waals surface area contributed by atoms with Crippen molar-refractivity contribution >= 4 is 12.0 Å². The van der Waals surface area contributed by atoms with E-state index in [1.807, 2.05) is 39.0 Å². The summed E-state index contributed by atoms with van der Waals surface area (Å²) in [5.41, 5.74) is 0.704. The molecular weight excluding hydrogens is 252 g/mol. The average molecular weight is 272 g/mol. The Balaban J connectivity index is 2.58. The maximum atomic E-state index is 11.7. The molecule has 0 atom stereocenters. The first kappa shape index (κ1) is 15.8. The first-order chi connectivity index (χ1) is 9.46. The fourth-order valence-corrected chi connectivity index (χ4v) is 1.43. The van der Waals surface area contributed by atoms with Crippen LogP contribution in [0.1, 0.15) is 32.8 Å². The maximum Gasteiger partial charge on any atom is 0.244 e. The third-order valence-corrected chi connectivity index (χ3v) is 2.96. The van der Waals surface area contributed by atoms with Gasteiger partial charge >= 0.3 is 0 Å². The van der Waals surface area contributed by atoms with Crippen molar-refractivity contribution in [2.24, 2.45) is 0 Å². The van der Waals surface area contributed by atoms with Gasteiger partial charge in [-0.15, -0.1) is 0 Å². The third-order valence-electron chi connectivity index (χ3n) is 2.96. The van der Waals surface area contributed by atoms with Gasteiger partial charge in [-0.1, -0.05) is 19.1 Å². The monoisotopic (exact) mass is 272 g/mol. The highest BCUT2D eigenvalue weighted by atomic mass is 16.5.